The van der Waals surface area contributed by atoms with Crippen molar-refractivity contribution in [2.24, 2.45) is 5.92 Å². The van der Waals surface area contributed by atoms with Gasteiger partial charge in [0.2, 0.25) is 5.95 Å². The molecule has 2 aliphatic heterocycles. The highest BCUT2D eigenvalue weighted by Gasteiger charge is 2.39. The van der Waals surface area contributed by atoms with Crippen molar-refractivity contribution in [3.05, 3.63) is 89.7 Å². The number of aromatic nitrogens is 4. The Bertz CT molecular complexity index is 1880. The minimum Gasteiger partial charge on any atom is -0.389 e. The van der Waals surface area contributed by atoms with Crippen molar-refractivity contribution in [1.82, 2.24) is 44.9 Å². The van der Waals surface area contributed by atoms with Crippen LogP contribution in [0.4, 0.5) is 5.95 Å². The number of nitrogens with one attached hydrogen (secondary N) is 3. The topological polar surface area (TPSA) is 89.4 Å². The van der Waals surface area contributed by atoms with Gasteiger partial charge in [-0.2, -0.15) is 4.98 Å². The summed E-state index contributed by atoms with van der Waals surface area (Å²) in [5.41, 5.74) is 9.63. The minimum atomic E-state index is -0.145. The van der Waals surface area contributed by atoms with Gasteiger partial charge in [0, 0.05) is 62.0 Å². The minimum absolute atomic E-state index is 0.145. The molecule has 1 aromatic carbocycles. The van der Waals surface area contributed by atoms with Gasteiger partial charge in [-0.15, -0.1) is 0 Å². The summed E-state index contributed by atoms with van der Waals surface area (Å²) in [7, 11) is 4.10. The second-order valence-corrected chi connectivity index (χ2v) is 13.5. The molecular weight excluding hydrogens is 619 g/mol. The molecule has 11 heteroatoms. The standard InChI is InChI=1S/C39H53BN10/c1-9-29-22-28(16-20-33-44-38-35(47(33)8)26(6)48(11-3)27(7)49(38)12-4)15-17-30(29)14-13-21-42-39-45-36(40)34-37(46-39)50(24-43-34)32-19-18-31(23-32)25(5)41-10-2/h15,17,22,24,31-33,41,44H,5-7,9-14,18-19,21,23,40H2,1-4,8H3,(H,42,45,46). The van der Waals surface area contributed by atoms with Gasteiger partial charge in [-0.05, 0) is 82.6 Å². The van der Waals surface area contributed by atoms with Crippen molar-refractivity contribution in [3.8, 4) is 11.8 Å². The molecule has 4 heterocycles. The van der Waals surface area contributed by atoms with E-state index in [0.717, 1.165) is 116 Å². The van der Waals surface area contributed by atoms with Gasteiger partial charge in [0.1, 0.15) is 22.9 Å². The van der Waals surface area contributed by atoms with Crippen molar-refractivity contribution in [3.63, 3.8) is 0 Å². The smallest absolute Gasteiger partial charge is 0.224 e. The van der Waals surface area contributed by atoms with Crippen molar-refractivity contribution in [2.45, 2.75) is 78.4 Å². The third-order valence-electron chi connectivity index (χ3n) is 10.5. The third kappa shape index (κ3) is 6.68. The van der Waals surface area contributed by atoms with Crippen LogP contribution in [0.2, 0.25) is 0 Å². The third-order valence-corrected chi connectivity index (χ3v) is 10.5. The summed E-state index contributed by atoms with van der Waals surface area (Å²) in [6.07, 6.45) is 8.00. The van der Waals surface area contributed by atoms with Crippen LogP contribution in [0.15, 0.2) is 73.0 Å². The summed E-state index contributed by atoms with van der Waals surface area (Å²) in [6.45, 7) is 24.9. The second kappa shape index (κ2) is 15.0. The maximum atomic E-state index is 4.94. The lowest BCUT2D eigenvalue weighted by atomic mass is 9.98. The van der Waals surface area contributed by atoms with E-state index in [0.29, 0.717) is 17.9 Å². The lowest BCUT2D eigenvalue weighted by molar-refractivity contribution is 0.267. The van der Waals surface area contributed by atoms with Gasteiger partial charge in [-0.3, -0.25) is 0 Å². The van der Waals surface area contributed by atoms with Gasteiger partial charge in [-0.1, -0.05) is 44.6 Å². The molecule has 3 aliphatic rings. The zero-order chi connectivity index (χ0) is 35.5. The molecule has 262 valence electrons. The Labute approximate surface area is 299 Å². The van der Waals surface area contributed by atoms with Crippen LogP contribution in [-0.2, 0) is 12.8 Å². The Morgan fingerprint density at radius 3 is 2.62 bits per heavy atom. The Hall–Kier alpha value is -4.85. The van der Waals surface area contributed by atoms with Gasteiger partial charge in [0.05, 0.1) is 12.0 Å². The molecule has 50 heavy (non-hydrogen) atoms. The highest BCUT2D eigenvalue weighted by atomic mass is 15.5. The van der Waals surface area contributed by atoms with Crippen LogP contribution in [0.5, 0.6) is 0 Å². The molecule has 3 N–H and O–H groups in total. The number of rotatable bonds is 12. The number of allylic oxidation sites excluding steroid dienone is 1. The summed E-state index contributed by atoms with van der Waals surface area (Å²) in [5.74, 6) is 10.1. The van der Waals surface area contributed by atoms with E-state index in [-0.39, 0.29) is 6.17 Å². The van der Waals surface area contributed by atoms with Crippen LogP contribution < -0.4 is 21.5 Å². The van der Waals surface area contributed by atoms with Gasteiger partial charge < -0.3 is 35.2 Å². The zero-order valence-electron chi connectivity index (χ0n) is 30.9. The fraction of sp³-hybridized carbons (Fsp3) is 0.462. The average molecular weight is 673 g/mol. The van der Waals surface area contributed by atoms with Gasteiger partial charge >= 0.3 is 0 Å². The van der Waals surface area contributed by atoms with Crippen molar-refractivity contribution < 1.29 is 0 Å². The van der Waals surface area contributed by atoms with Crippen LogP contribution >= 0.6 is 0 Å². The lowest BCUT2D eigenvalue weighted by Gasteiger charge is -2.41. The summed E-state index contributed by atoms with van der Waals surface area (Å²) in [5, 5.41) is 10.5. The Kier molecular flexibility index (Phi) is 10.5. The van der Waals surface area contributed by atoms with Gasteiger partial charge in [0.25, 0.3) is 0 Å². The highest BCUT2D eigenvalue weighted by molar-refractivity contribution is 6.36. The maximum Gasteiger partial charge on any atom is 0.224 e. The van der Waals surface area contributed by atoms with E-state index in [1.165, 1.54) is 11.1 Å². The summed E-state index contributed by atoms with van der Waals surface area (Å²) in [6, 6.07) is 7.02. The van der Waals surface area contributed by atoms with E-state index in [1.54, 1.807) is 0 Å². The molecule has 10 nitrogen and oxygen atoms in total. The molecule has 0 radical (unpaired) electrons. The number of aryl methyl sites for hydroxylation is 2. The van der Waals surface area contributed by atoms with E-state index in [4.69, 9.17) is 15.0 Å². The first kappa shape index (κ1) is 35.0. The predicted molar refractivity (Wildman–Crippen MR) is 207 cm³/mol. The first-order chi connectivity index (χ1) is 24.2. The molecule has 0 spiro atoms. The SMILES string of the molecule is Bc1nc(NCCCc2ccc(C#CC3NC4=C(C(=C)N(CC)C(=C)N4CC)N3C)cc2CC)nc2c1ncn2C1CCC(C(=C)NCC)C1. The highest BCUT2D eigenvalue weighted by Crippen LogP contribution is 2.39. The average Bonchev–Trinajstić information content (AvgIpc) is 3.84. The number of fused-ring (bicyclic) bond motifs is 1. The quantitative estimate of drug-likeness (QED) is 0.149. The Balaban J connectivity index is 1.07. The molecule has 3 unspecified atom stereocenters. The van der Waals surface area contributed by atoms with Crippen LogP contribution in [0.1, 0.15) is 76.1 Å². The van der Waals surface area contributed by atoms with Crippen molar-refractivity contribution in [2.75, 3.05) is 38.5 Å². The summed E-state index contributed by atoms with van der Waals surface area (Å²) in [4.78, 5) is 20.9. The fourth-order valence-electron chi connectivity index (χ4n) is 7.75. The van der Waals surface area contributed by atoms with E-state index in [9.17, 15) is 0 Å². The van der Waals surface area contributed by atoms with Gasteiger partial charge in [-0.25, -0.2) is 9.97 Å². The van der Waals surface area contributed by atoms with E-state index >= 15 is 0 Å². The molecular formula is C39H53BN10. The van der Waals surface area contributed by atoms with Crippen molar-refractivity contribution in [1.29, 1.82) is 0 Å². The van der Waals surface area contributed by atoms with Crippen LogP contribution in [0.25, 0.3) is 11.2 Å². The molecule has 0 saturated heterocycles. The van der Waals surface area contributed by atoms with Crippen molar-refractivity contribution >= 4 is 30.6 Å². The first-order valence-electron chi connectivity index (χ1n) is 18.4. The molecule has 1 fully saturated rings. The van der Waals surface area contributed by atoms with E-state index < -0.39 is 0 Å². The lowest BCUT2D eigenvalue weighted by Crippen LogP contribution is -2.41. The Morgan fingerprint density at radius 2 is 1.88 bits per heavy atom. The number of hydrogen-bond donors (Lipinski definition) is 3. The van der Waals surface area contributed by atoms with Gasteiger partial charge in [0.15, 0.2) is 19.7 Å². The molecule has 1 saturated carbocycles. The number of likely N-dealkylation sites (N-methyl/N-ethyl adjacent to an activating group) is 2. The molecule has 3 atom stereocenters. The number of anilines is 1. The number of hydrogen-bond acceptors (Lipinski definition) is 9. The van der Waals surface area contributed by atoms with Crippen LogP contribution in [-0.4, -0.2) is 81.5 Å². The Morgan fingerprint density at radius 1 is 1.08 bits per heavy atom. The molecule has 0 bridgehead atoms. The maximum absolute atomic E-state index is 4.94. The molecule has 0 amide bonds. The fourth-order valence-corrected chi connectivity index (χ4v) is 7.75. The molecule has 3 aromatic rings. The van der Waals surface area contributed by atoms with E-state index in [1.807, 2.05) is 14.2 Å². The largest absolute Gasteiger partial charge is 0.389 e. The normalized spacial score (nSPS) is 20.3. The first-order valence-corrected chi connectivity index (χ1v) is 18.4. The van der Waals surface area contributed by atoms with Crippen LogP contribution in [0.3, 0.4) is 0 Å². The second-order valence-electron chi connectivity index (χ2n) is 13.5. The number of imidazole rings is 1. The number of nitrogens with zero attached hydrogens (tertiary/aromatic N) is 7. The summed E-state index contributed by atoms with van der Waals surface area (Å²) >= 11 is 0. The van der Waals surface area contributed by atoms with Crippen LogP contribution in [0, 0.1) is 17.8 Å². The zero-order valence-corrected chi connectivity index (χ0v) is 30.9. The predicted octanol–water partition coefficient (Wildman–Crippen LogP) is 4.18. The summed E-state index contributed by atoms with van der Waals surface area (Å²) < 4.78 is 2.26. The monoisotopic (exact) mass is 672 g/mol. The molecule has 2 aromatic heterocycles. The van der Waals surface area contributed by atoms with E-state index in [2.05, 4.69) is 120 Å². The molecule has 1 aliphatic carbocycles. The molecule has 6 rings (SSSR count). The number of benzene rings is 1.